The number of ether oxygens (including phenoxy) is 1. The van der Waals surface area contributed by atoms with E-state index in [0.717, 1.165) is 18.2 Å². The molecule has 0 unspecified atom stereocenters. The summed E-state index contributed by atoms with van der Waals surface area (Å²) in [5.41, 5.74) is 0. The van der Waals surface area contributed by atoms with E-state index in [1.54, 1.807) is 0 Å². The van der Waals surface area contributed by atoms with Gasteiger partial charge in [-0.05, 0) is 12.1 Å². The minimum Gasteiger partial charge on any atom is -0.481 e. The zero-order valence-corrected chi connectivity index (χ0v) is 9.82. The van der Waals surface area contributed by atoms with Crippen molar-refractivity contribution in [3.8, 4) is 11.8 Å². The van der Waals surface area contributed by atoms with E-state index in [1.807, 2.05) is 6.07 Å². The topological polar surface area (TPSA) is 53.3 Å². The Kier molecular flexibility index (Phi) is 5.06. The molecule has 1 aromatic rings. The molecule has 0 bridgehead atoms. The third-order valence-corrected chi connectivity index (χ3v) is 2.23. The number of likely N-dealkylation sites (N-methyl/N-ethyl adjacent to an activating group) is 1. The number of hydrogen-bond donors (Lipinski definition) is 0. The molecule has 6 heteroatoms. The molecule has 0 saturated carbocycles. The molecule has 18 heavy (non-hydrogen) atoms. The smallest absolute Gasteiger partial charge is 0.260 e. The van der Waals surface area contributed by atoms with Gasteiger partial charge in [-0.15, -0.1) is 0 Å². The van der Waals surface area contributed by atoms with E-state index in [1.165, 1.54) is 11.9 Å². The van der Waals surface area contributed by atoms with E-state index in [-0.39, 0.29) is 18.7 Å². The number of benzene rings is 1. The average Bonchev–Trinajstić information content (AvgIpc) is 2.36. The highest BCUT2D eigenvalue weighted by atomic mass is 19.1. The molecule has 1 rings (SSSR count). The summed E-state index contributed by atoms with van der Waals surface area (Å²) in [4.78, 5) is 12.8. The summed E-state index contributed by atoms with van der Waals surface area (Å²) in [5.74, 6) is -2.09. The third kappa shape index (κ3) is 4.01. The molecular weight excluding hydrogens is 242 g/mol. The Labute approximate surface area is 103 Å². The Morgan fingerprint density at radius 2 is 2.22 bits per heavy atom. The van der Waals surface area contributed by atoms with Gasteiger partial charge >= 0.3 is 0 Å². The molecule has 0 fully saturated rings. The number of carbonyl (C=O) groups excluding carboxylic acids is 1. The van der Waals surface area contributed by atoms with Crippen LogP contribution in [0.25, 0.3) is 0 Å². The predicted octanol–water partition coefficient (Wildman–Crippen LogP) is 1.72. The highest BCUT2D eigenvalue weighted by molar-refractivity contribution is 5.77. The molecule has 1 amide bonds. The minimum atomic E-state index is -0.733. The van der Waals surface area contributed by atoms with Crippen LogP contribution in [0.15, 0.2) is 18.2 Å². The summed E-state index contributed by atoms with van der Waals surface area (Å²) in [6.07, 6.45) is 0.205. The van der Waals surface area contributed by atoms with Gasteiger partial charge in [0.1, 0.15) is 5.82 Å². The van der Waals surface area contributed by atoms with E-state index in [2.05, 4.69) is 0 Å². The van der Waals surface area contributed by atoms with Gasteiger partial charge in [0.05, 0.1) is 12.5 Å². The van der Waals surface area contributed by atoms with Crippen LogP contribution in [-0.4, -0.2) is 31.0 Å². The Morgan fingerprint density at radius 1 is 1.50 bits per heavy atom. The first-order valence-electron chi connectivity index (χ1n) is 5.23. The van der Waals surface area contributed by atoms with Crippen LogP contribution in [0.5, 0.6) is 5.75 Å². The quantitative estimate of drug-likeness (QED) is 0.803. The fourth-order valence-corrected chi connectivity index (χ4v) is 1.18. The summed E-state index contributed by atoms with van der Waals surface area (Å²) < 4.78 is 30.9. The first kappa shape index (κ1) is 13.9. The van der Waals surface area contributed by atoms with Crippen molar-refractivity contribution in [2.24, 2.45) is 0 Å². The normalized spacial score (nSPS) is 9.67. The second-order valence-electron chi connectivity index (χ2n) is 3.59. The number of amides is 1. The van der Waals surface area contributed by atoms with Crippen molar-refractivity contribution in [1.82, 2.24) is 4.90 Å². The Hall–Kier alpha value is -2.16. The Bertz CT molecular complexity index is 472. The molecule has 0 atom stereocenters. The Balaban J connectivity index is 2.52. The molecule has 0 spiro atoms. The van der Waals surface area contributed by atoms with Gasteiger partial charge in [-0.2, -0.15) is 5.26 Å². The van der Waals surface area contributed by atoms with Crippen LogP contribution in [0.1, 0.15) is 6.42 Å². The highest BCUT2D eigenvalue weighted by Crippen LogP contribution is 2.17. The number of halogens is 2. The van der Waals surface area contributed by atoms with Crippen LogP contribution in [0.3, 0.4) is 0 Å². The molecule has 96 valence electrons. The molecule has 0 aromatic heterocycles. The fourth-order valence-electron chi connectivity index (χ4n) is 1.18. The van der Waals surface area contributed by atoms with Crippen LogP contribution in [0, 0.1) is 23.0 Å². The van der Waals surface area contributed by atoms with Gasteiger partial charge in [-0.1, -0.05) is 0 Å². The van der Waals surface area contributed by atoms with Crippen molar-refractivity contribution in [2.45, 2.75) is 6.42 Å². The van der Waals surface area contributed by atoms with Gasteiger partial charge in [0, 0.05) is 19.7 Å². The zero-order valence-electron chi connectivity index (χ0n) is 9.82. The second kappa shape index (κ2) is 6.55. The van der Waals surface area contributed by atoms with Crippen LogP contribution in [-0.2, 0) is 4.79 Å². The molecule has 0 aliphatic heterocycles. The van der Waals surface area contributed by atoms with Gasteiger partial charge < -0.3 is 9.64 Å². The summed E-state index contributed by atoms with van der Waals surface area (Å²) in [7, 11) is 1.50. The van der Waals surface area contributed by atoms with E-state index >= 15 is 0 Å². The summed E-state index contributed by atoms with van der Waals surface area (Å²) >= 11 is 0. The zero-order chi connectivity index (χ0) is 13.5. The largest absolute Gasteiger partial charge is 0.481 e. The number of carbonyl (C=O) groups is 1. The molecule has 0 heterocycles. The monoisotopic (exact) mass is 254 g/mol. The van der Waals surface area contributed by atoms with E-state index in [9.17, 15) is 13.6 Å². The number of rotatable bonds is 5. The van der Waals surface area contributed by atoms with Crippen molar-refractivity contribution < 1.29 is 18.3 Å². The molecule has 0 aliphatic rings. The lowest BCUT2D eigenvalue weighted by atomic mass is 10.3. The van der Waals surface area contributed by atoms with E-state index < -0.39 is 24.1 Å². The van der Waals surface area contributed by atoms with Gasteiger partial charge in [0.25, 0.3) is 5.91 Å². The molecule has 0 saturated heterocycles. The van der Waals surface area contributed by atoms with E-state index in [0.29, 0.717) is 0 Å². The maximum atomic E-state index is 13.2. The SMILES string of the molecule is CN(CCC#N)C(=O)COc1cc(F)ccc1F. The summed E-state index contributed by atoms with van der Waals surface area (Å²) in [5, 5.41) is 8.36. The molecule has 0 N–H and O–H groups in total. The lowest BCUT2D eigenvalue weighted by Crippen LogP contribution is -2.32. The molecular formula is C12H12F2N2O2. The van der Waals surface area contributed by atoms with Crippen molar-refractivity contribution in [3.63, 3.8) is 0 Å². The minimum absolute atomic E-state index is 0.205. The van der Waals surface area contributed by atoms with Crippen molar-refractivity contribution in [2.75, 3.05) is 20.2 Å². The predicted molar refractivity (Wildman–Crippen MR) is 59.7 cm³/mol. The van der Waals surface area contributed by atoms with Crippen LogP contribution < -0.4 is 4.74 Å². The van der Waals surface area contributed by atoms with Crippen molar-refractivity contribution in [1.29, 1.82) is 5.26 Å². The number of hydrogen-bond acceptors (Lipinski definition) is 3. The molecule has 4 nitrogen and oxygen atoms in total. The number of nitriles is 1. The van der Waals surface area contributed by atoms with Crippen LogP contribution in [0.2, 0.25) is 0 Å². The lowest BCUT2D eigenvalue weighted by Gasteiger charge is -2.15. The standard InChI is InChI=1S/C12H12F2N2O2/c1-16(6-2-5-15)12(17)8-18-11-7-9(13)3-4-10(11)14/h3-4,7H,2,6,8H2,1H3. The van der Waals surface area contributed by atoms with Crippen molar-refractivity contribution >= 4 is 5.91 Å². The summed E-state index contributed by atoms with van der Waals surface area (Å²) in [6, 6.07) is 4.66. The first-order chi connectivity index (χ1) is 8.54. The van der Waals surface area contributed by atoms with Crippen molar-refractivity contribution in [3.05, 3.63) is 29.8 Å². The summed E-state index contributed by atoms with van der Waals surface area (Å²) in [6.45, 7) is -0.132. The van der Waals surface area contributed by atoms with Crippen LogP contribution >= 0.6 is 0 Å². The van der Waals surface area contributed by atoms with Gasteiger partial charge in [-0.25, -0.2) is 8.78 Å². The molecule has 1 aromatic carbocycles. The number of nitrogens with zero attached hydrogens (tertiary/aromatic N) is 2. The molecule has 0 aliphatic carbocycles. The first-order valence-corrected chi connectivity index (χ1v) is 5.23. The Morgan fingerprint density at radius 3 is 2.89 bits per heavy atom. The van der Waals surface area contributed by atoms with Gasteiger partial charge in [0.15, 0.2) is 18.2 Å². The lowest BCUT2D eigenvalue weighted by molar-refractivity contribution is -0.132. The second-order valence-corrected chi connectivity index (χ2v) is 3.59. The highest BCUT2D eigenvalue weighted by Gasteiger charge is 2.11. The average molecular weight is 254 g/mol. The fraction of sp³-hybridized carbons (Fsp3) is 0.333. The van der Waals surface area contributed by atoms with Crippen LogP contribution in [0.4, 0.5) is 8.78 Å². The van der Waals surface area contributed by atoms with Gasteiger partial charge in [0.2, 0.25) is 0 Å². The van der Waals surface area contributed by atoms with E-state index in [4.69, 9.17) is 10.00 Å². The molecule has 0 radical (unpaired) electrons. The maximum Gasteiger partial charge on any atom is 0.260 e. The third-order valence-electron chi connectivity index (χ3n) is 2.23. The van der Waals surface area contributed by atoms with Gasteiger partial charge in [-0.3, -0.25) is 4.79 Å². The maximum absolute atomic E-state index is 13.2.